The highest BCUT2D eigenvalue weighted by atomic mass is 79.9. The predicted molar refractivity (Wildman–Crippen MR) is 70.5 cm³/mol. The molecular formula is C13H14BrNO3. The van der Waals surface area contributed by atoms with Crippen molar-refractivity contribution in [2.75, 3.05) is 6.54 Å². The van der Waals surface area contributed by atoms with Crippen molar-refractivity contribution < 1.29 is 14.7 Å². The SMILES string of the molecule is O=C(O)[C@H]1CCCCN1C(=O)c1ccccc1Br. The van der Waals surface area contributed by atoms with Crippen LogP contribution in [-0.2, 0) is 4.79 Å². The molecule has 1 atom stereocenters. The summed E-state index contributed by atoms with van der Waals surface area (Å²) in [5.74, 6) is -1.13. The molecule has 0 spiro atoms. The minimum absolute atomic E-state index is 0.213. The first-order chi connectivity index (χ1) is 8.61. The molecule has 2 rings (SSSR count). The van der Waals surface area contributed by atoms with E-state index >= 15 is 0 Å². The summed E-state index contributed by atoms with van der Waals surface area (Å²) in [6.07, 6.45) is 2.25. The van der Waals surface area contributed by atoms with Crippen LogP contribution in [0.1, 0.15) is 29.6 Å². The number of halogens is 1. The van der Waals surface area contributed by atoms with Gasteiger partial charge in [-0.25, -0.2) is 4.79 Å². The average molecular weight is 312 g/mol. The number of aliphatic carboxylic acids is 1. The van der Waals surface area contributed by atoms with Gasteiger partial charge in [0.05, 0.1) is 5.56 Å². The number of carboxylic acid groups (broad SMARTS) is 1. The van der Waals surface area contributed by atoms with Crippen molar-refractivity contribution in [3.05, 3.63) is 34.3 Å². The van der Waals surface area contributed by atoms with E-state index in [-0.39, 0.29) is 5.91 Å². The average Bonchev–Trinajstić information content (AvgIpc) is 2.38. The van der Waals surface area contributed by atoms with Gasteiger partial charge in [-0.2, -0.15) is 0 Å². The highest BCUT2D eigenvalue weighted by Crippen LogP contribution is 2.23. The Balaban J connectivity index is 2.27. The first-order valence-electron chi connectivity index (χ1n) is 5.89. The van der Waals surface area contributed by atoms with E-state index in [1.165, 1.54) is 4.90 Å². The molecule has 1 aromatic rings. The minimum atomic E-state index is -0.921. The molecule has 0 aromatic heterocycles. The van der Waals surface area contributed by atoms with Crippen molar-refractivity contribution in [1.29, 1.82) is 0 Å². The van der Waals surface area contributed by atoms with Crippen LogP contribution in [0.5, 0.6) is 0 Å². The number of hydrogen-bond acceptors (Lipinski definition) is 2. The van der Waals surface area contributed by atoms with Crippen LogP contribution in [0.2, 0.25) is 0 Å². The number of benzene rings is 1. The third-order valence-electron chi connectivity index (χ3n) is 3.15. The Morgan fingerprint density at radius 3 is 2.67 bits per heavy atom. The fourth-order valence-electron chi connectivity index (χ4n) is 2.22. The summed E-state index contributed by atoms with van der Waals surface area (Å²) in [6, 6.07) is 6.40. The number of carbonyl (C=O) groups is 2. The molecule has 18 heavy (non-hydrogen) atoms. The van der Waals surface area contributed by atoms with E-state index in [1.807, 2.05) is 6.07 Å². The molecule has 1 N–H and O–H groups in total. The van der Waals surface area contributed by atoms with Gasteiger partial charge in [-0.1, -0.05) is 12.1 Å². The Bertz CT molecular complexity index is 475. The van der Waals surface area contributed by atoms with Crippen molar-refractivity contribution >= 4 is 27.8 Å². The molecule has 1 amide bonds. The number of hydrogen-bond donors (Lipinski definition) is 1. The number of nitrogens with zero attached hydrogens (tertiary/aromatic N) is 1. The van der Waals surface area contributed by atoms with Crippen LogP contribution in [-0.4, -0.2) is 34.5 Å². The Morgan fingerprint density at radius 2 is 2.00 bits per heavy atom. The van der Waals surface area contributed by atoms with Crippen molar-refractivity contribution in [2.24, 2.45) is 0 Å². The van der Waals surface area contributed by atoms with E-state index in [0.29, 0.717) is 23.0 Å². The molecule has 5 heteroatoms. The molecule has 96 valence electrons. The zero-order chi connectivity index (χ0) is 13.1. The molecule has 4 nitrogen and oxygen atoms in total. The second-order valence-electron chi connectivity index (χ2n) is 4.33. The molecule has 1 aliphatic heterocycles. The topological polar surface area (TPSA) is 57.6 Å². The zero-order valence-electron chi connectivity index (χ0n) is 9.80. The summed E-state index contributed by atoms with van der Waals surface area (Å²) >= 11 is 3.33. The van der Waals surface area contributed by atoms with Crippen molar-refractivity contribution in [3.8, 4) is 0 Å². The highest BCUT2D eigenvalue weighted by molar-refractivity contribution is 9.10. The molecule has 1 aromatic carbocycles. The number of piperidine rings is 1. The molecule has 1 saturated heterocycles. The standard InChI is InChI=1S/C13H14BrNO3/c14-10-6-2-1-5-9(10)12(16)15-8-4-3-7-11(15)13(17)18/h1-2,5-6,11H,3-4,7-8H2,(H,17,18)/t11-/m1/s1. The normalized spacial score (nSPS) is 19.6. The Morgan fingerprint density at radius 1 is 1.28 bits per heavy atom. The Hall–Kier alpha value is -1.36. The summed E-state index contributed by atoms with van der Waals surface area (Å²) in [5.41, 5.74) is 0.519. The van der Waals surface area contributed by atoms with Crippen LogP contribution in [0.4, 0.5) is 0 Å². The van der Waals surface area contributed by atoms with E-state index in [2.05, 4.69) is 15.9 Å². The van der Waals surface area contributed by atoms with Gasteiger partial charge >= 0.3 is 5.97 Å². The summed E-state index contributed by atoms with van der Waals surface area (Å²) < 4.78 is 0.699. The number of carbonyl (C=O) groups excluding carboxylic acids is 1. The minimum Gasteiger partial charge on any atom is -0.480 e. The van der Waals surface area contributed by atoms with E-state index < -0.39 is 12.0 Å². The van der Waals surface area contributed by atoms with Crippen LogP contribution in [0.25, 0.3) is 0 Å². The maximum Gasteiger partial charge on any atom is 0.326 e. The predicted octanol–water partition coefficient (Wildman–Crippen LogP) is 2.53. The number of likely N-dealkylation sites (tertiary alicyclic amines) is 1. The van der Waals surface area contributed by atoms with Crippen LogP contribution in [0, 0.1) is 0 Å². The van der Waals surface area contributed by atoms with Crippen LogP contribution in [0.3, 0.4) is 0 Å². The van der Waals surface area contributed by atoms with Crippen molar-refractivity contribution in [3.63, 3.8) is 0 Å². The lowest BCUT2D eigenvalue weighted by Gasteiger charge is -2.33. The molecule has 1 heterocycles. The van der Waals surface area contributed by atoms with Gasteiger partial charge in [0.1, 0.15) is 6.04 Å². The molecule has 0 saturated carbocycles. The maximum atomic E-state index is 12.4. The lowest BCUT2D eigenvalue weighted by molar-refractivity contribution is -0.143. The first kappa shape index (κ1) is 13.1. The lowest BCUT2D eigenvalue weighted by atomic mass is 10.0. The van der Waals surface area contributed by atoms with E-state index in [9.17, 15) is 9.59 Å². The fraction of sp³-hybridized carbons (Fsp3) is 0.385. The molecule has 0 bridgehead atoms. The van der Waals surface area contributed by atoms with Gasteiger partial charge in [0.15, 0.2) is 0 Å². The Kier molecular flexibility index (Phi) is 4.01. The molecule has 0 aliphatic carbocycles. The molecule has 1 fully saturated rings. The molecular weight excluding hydrogens is 298 g/mol. The third kappa shape index (κ3) is 2.56. The summed E-state index contributed by atoms with van der Waals surface area (Å²) in [4.78, 5) is 25.0. The smallest absolute Gasteiger partial charge is 0.326 e. The monoisotopic (exact) mass is 311 g/mol. The van der Waals surface area contributed by atoms with Crippen LogP contribution >= 0.6 is 15.9 Å². The highest BCUT2D eigenvalue weighted by Gasteiger charge is 2.32. The third-order valence-corrected chi connectivity index (χ3v) is 3.84. The first-order valence-corrected chi connectivity index (χ1v) is 6.69. The van der Waals surface area contributed by atoms with Crippen LogP contribution < -0.4 is 0 Å². The summed E-state index contributed by atoms with van der Waals surface area (Å²) in [6.45, 7) is 0.511. The van der Waals surface area contributed by atoms with E-state index in [1.54, 1.807) is 18.2 Å². The van der Waals surface area contributed by atoms with E-state index in [0.717, 1.165) is 12.8 Å². The van der Waals surface area contributed by atoms with E-state index in [4.69, 9.17) is 5.11 Å². The van der Waals surface area contributed by atoms with Crippen molar-refractivity contribution in [2.45, 2.75) is 25.3 Å². The van der Waals surface area contributed by atoms with Crippen LogP contribution in [0.15, 0.2) is 28.7 Å². The quantitative estimate of drug-likeness (QED) is 0.913. The zero-order valence-corrected chi connectivity index (χ0v) is 11.4. The maximum absolute atomic E-state index is 12.4. The lowest BCUT2D eigenvalue weighted by Crippen LogP contribution is -2.48. The number of carboxylic acids is 1. The van der Waals surface area contributed by atoms with Crippen molar-refractivity contribution in [1.82, 2.24) is 4.90 Å². The van der Waals surface area contributed by atoms with Gasteiger partial charge in [0, 0.05) is 11.0 Å². The largest absolute Gasteiger partial charge is 0.480 e. The summed E-state index contributed by atoms with van der Waals surface area (Å²) in [7, 11) is 0. The second-order valence-corrected chi connectivity index (χ2v) is 5.18. The number of amides is 1. The van der Waals surface area contributed by atoms with Gasteiger partial charge in [0.25, 0.3) is 5.91 Å². The molecule has 0 radical (unpaired) electrons. The second kappa shape index (κ2) is 5.52. The molecule has 0 unspecified atom stereocenters. The molecule has 1 aliphatic rings. The van der Waals surface area contributed by atoms with Gasteiger partial charge in [-0.15, -0.1) is 0 Å². The number of rotatable bonds is 2. The van der Waals surface area contributed by atoms with Gasteiger partial charge in [-0.05, 0) is 47.3 Å². The Labute approximate surface area is 114 Å². The van der Waals surface area contributed by atoms with Gasteiger partial charge < -0.3 is 10.0 Å². The van der Waals surface area contributed by atoms with Gasteiger partial charge in [0.2, 0.25) is 0 Å². The summed E-state index contributed by atoms with van der Waals surface area (Å²) in [5, 5.41) is 9.17. The van der Waals surface area contributed by atoms with Gasteiger partial charge in [-0.3, -0.25) is 4.79 Å². The fourth-order valence-corrected chi connectivity index (χ4v) is 2.68.